The predicted octanol–water partition coefficient (Wildman–Crippen LogP) is 1.54. The summed E-state index contributed by atoms with van der Waals surface area (Å²) < 4.78 is 0. The molecule has 0 saturated heterocycles. The molecule has 0 saturated carbocycles. The second-order valence-electron chi connectivity index (χ2n) is 4.09. The van der Waals surface area contributed by atoms with Crippen molar-refractivity contribution in [3.63, 3.8) is 0 Å². The molecule has 1 aromatic rings. The number of hydrogen-bond acceptors (Lipinski definition) is 5. The van der Waals surface area contributed by atoms with Crippen molar-refractivity contribution in [1.29, 1.82) is 0 Å². The molecule has 1 aromatic heterocycles. The van der Waals surface area contributed by atoms with Gasteiger partial charge in [0.05, 0.1) is 0 Å². The highest BCUT2D eigenvalue weighted by Crippen LogP contribution is 2.14. The minimum Gasteiger partial charge on any atom is -0.364 e. The normalized spacial score (nSPS) is 12.2. The molecule has 1 amide bonds. The van der Waals surface area contributed by atoms with Crippen LogP contribution >= 0.6 is 11.8 Å². The summed E-state index contributed by atoms with van der Waals surface area (Å²) in [4.78, 5) is 13.0. The summed E-state index contributed by atoms with van der Waals surface area (Å²) >= 11 is 1.93. The Labute approximate surface area is 112 Å². The molecule has 2 N–H and O–H groups in total. The lowest BCUT2D eigenvalue weighted by Gasteiger charge is -2.25. The van der Waals surface area contributed by atoms with Gasteiger partial charge in [-0.15, -0.1) is 10.2 Å². The van der Waals surface area contributed by atoms with Crippen molar-refractivity contribution >= 4 is 23.5 Å². The molecular weight excluding hydrogens is 248 g/mol. The average Bonchev–Trinajstić information content (AvgIpc) is 2.38. The van der Waals surface area contributed by atoms with Crippen molar-refractivity contribution in [2.75, 3.05) is 23.5 Å². The first-order valence-corrected chi connectivity index (χ1v) is 7.15. The molecule has 100 valence electrons. The Morgan fingerprint density at radius 2 is 2.22 bits per heavy atom. The third-order valence-corrected chi connectivity index (χ3v) is 3.74. The summed E-state index contributed by atoms with van der Waals surface area (Å²) in [5.74, 6) is 2.48. The predicted molar refractivity (Wildman–Crippen MR) is 76.0 cm³/mol. The van der Waals surface area contributed by atoms with Gasteiger partial charge in [-0.3, -0.25) is 4.79 Å². The highest BCUT2D eigenvalue weighted by molar-refractivity contribution is 7.99. The summed E-state index contributed by atoms with van der Waals surface area (Å²) in [6, 6.07) is 3.77. The Bertz CT molecular complexity index is 382. The topological polar surface area (TPSA) is 72.1 Å². The second-order valence-corrected chi connectivity index (χ2v) is 5.48. The minimum absolute atomic E-state index is 0.196. The standard InChI is InChI=1S/C12H20N4OS/c1-4-18-8-7-9(2)16(3)11-6-5-10(12(13)17)14-15-11/h5-6,9H,4,7-8H2,1-3H3,(H2,13,17)/t9-/m1/s1. The molecule has 0 aliphatic heterocycles. The maximum atomic E-state index is 10.9. The van der Waals surface area contributed by atoms with Gasteiger partial charge in [-0.25, -0.2) is 0 Å². The number of anilines is 1. The quantitative estimate of drug-likeness (QED) is 0.759. The van der Waals surface area contributed by atoms with E-state index in [9.17, 15) is 4.79 Å². The lowest BCUT2D eigenvalue weighted by Crippen LogP contribution is -2.30. The van der Waals surface area contributed by atoms with Crippen molar-refractivity contribution in [3.8, 4) is 0 Å². The highest BCUT2D eigenvalue weighted by Gasteiger charge is 2.12. The van der Waals surface area contributed by atoms with Gasteiger partial charge in [0, 0.05) is 13.1 Å². The van der Waals surface area contributed by atoms with Gasteiger partial charge in [-0.1, -0.05) is 6.92 Å². The van der Waals surface area contributed by atoms with Gasteiger partial charge in [0.15, 0.2) is 11.5 Å². The number of thioether (sulfide) groups is 1. The molecule has 5 nitrogen and oxygen atoms in total. The highest BCUT2D eigenvalue weighted by atomic mass is 32.2. The molecule has 0 fully saturated rings. The fourth-order valence-electron chi connectivity index (χ4n) is 1.46. The molecule has 0 aromatic carbocycles. The van der Waals surface area contributed by atoms with Crippen LogP contribution in [-0.2, 0) is 0 Å². The van der Waals surface area contributed by atoms with E-state index in [1.165, 1.54) is 0 Å². The Balaban J connectivity index is 2.59. The van der Waals surface area contributed by atoms with E-state index >= 15 is 0 Å². The van der Waals surface area contributed by atoms with E-state index in [0.717, 1.165) is 23.7 Å². The molecule has 0 spiro atoms. The second kappa shape index (κ2) is 7.20. The summed E-state index contributed by atoms with van der Waals surface area (Å²) in [7, 11) is 1.98. The first-order valence-electron chi connectivity index (χ1n) is 6.00. The summed E-state index contributed by atoms with van der Waals surface area (Å²) in [6.45, 7) is 4.31. The van der Waals surface area contributed by atoms with E-state index in [1.54, 1.807) is 12.1 Å². The SMILES string of the molecule is CCSCC[C@@H](C)N(C)c1ccc(C(N)=O)nn1. The molecule has 1 heterocycles. The van der Waals surface area contributed by atoms with Crippen molar-refractivity contribution in [1.82, 2.24) is 10.2 Å². The van der Waals surface area contributed by atoms with Crippen LogP contribution in [0.4, 0.5) is 5.82 Å². The number of amides is 1. The smallest absolute Gasteiger partial charge is 0.269 e. The van der Waals surface area contributed by atoms with E-state index in [0.29, 0.717) is 6.04 Å². The number of primary amides is 1. The number of nitrogens with zero attached hydrogens (tertiary/aromatic N) is 3. The largest absolute Gasteiger partial charge is 0.364 e. The molecule has 0 aliphatic rings. The molecular formula is C12H20N4OS. The van der Waals surface area contributed by atoms with Crippen LogP contribution in [0.2, 0.25) is 0 Å². The fraction of sp³-hybridized carbons (Fsp3) is 0.583. The summed E-state index contributed by atoms with van der Waals surface area (Å²) in [6.07, 6.45) is 1.09. The van der Waals surface area contributed by atoms with Crippen LogP contribution in [0.1, 0.15) is 30.8 Å². The van der Waals surface area contributed by atoms with Gasteiger partial charge in [-0.2, -0.15) is 11.8 Å². The van der Waals surface area contributed by atoms with Crippen LogP contribution in [-0.4, -0.2) is 40.7 Å². The molecule has 0 radical (unpaired) electrons. The van der Waals surface area contributed by atoms with Gasteiger partial charge in [0.2, 0.25) is 0 Å². The first kappa shape index (κ1) is 14.8. The summed E-state index contributed by atoms with van der Waals surface area (Å²) in [5, 5.41) is 7.82. The van der Waals surface area contributed by atoms with Gasteiger partial charge >= 0.3 is 0 Å². The number of aromatic nitrogens is 2. The number of carbonyl (C=O) groups is 1. The van der Waals surface area contributed by atoms with E-state index in [1.807, 2.05) is 18.8 Å². The number of hydrogen-bond donors (Lipinski definition) is 1. The maximum Gasteiger partial charge on any atom is 0.269 e. The lowest BCUT2D eigenvalue weighted by atomic mass is 10.2. The van der Waals surface area contributed by atoms with Crippen molar-refractivity contribution in [3.05, 3.63) is 17.8 Å². The van der Waals surface area contributed by atoms with Gasteiger partial charge in [0.1, 0.15) is 0 Å². The molecule has 0 unspecified atom stereocenters. The average molecular weight is 268 g/mol. The third-order valence-electron chi connectivity index (χ3n) is 2.81. The van der Waals surface area contributed by atoms with Crippen LogP contribution < -0.4 is 10.6 Å². The Morgan fingerprint density at radius 1 is 1.50 bits per heavy atom. The Morgan fingerprint density at radius 3 is 2.72 bits per heavy atom. The Hall–Kier alpha value is -1.30. The van der Waals surface area contributed by atoms with Gasteiger partial charge in [-0.05, 0) is 37.0 Å². The molecule has 1 rings (SSSR count). The van der Waals surface area contributed by atoms with Crippen LogP contribution in [0.5, 0.6) is 0 Å². The van der Waals surface area contributed by atoms with Crippen molar-refractivity contribution in [2.24, 2.45) is 5.73 Å². The number of carbonyl (C=O) groups excluding carboxylic acids is 1. The van der Waals surface area contributed by atoms with Crippen LogP contribution in [0.15, 0.2) is 12.1 Å². The Kier molecular flexibility index (Phi) is 5.91. The zero-order chi connectivity index (χ0) is 13.5. The van der Waals surface area contributed by atoms with Crippen molar-refractivity contribution < 1.29 is 4.79 Å². The van der Waals surface area contributed by atoms with E-state index in [2.05, 4.69) is 28.9 Å². The molecule has 18 heavy (non-hydrogen) atoms. The molecule has 0 bridgehead atoms. The van der Waals surface area contributed by atoms with Crippen molar-refractivity contribution in [2.45, 2.75) is 26.3 Å². The monoisotopic (exact) mass is 268 g/mol. The minimum atomic E-state index is -0.552. The summed E-state index contributed by atoms with van der Waals surface area (Å²) in [5.41, 5.74) is 5.32. The number of nitrogens with two attached hydrogens (primary N) is 1. The van der Waals surface area contributed by atoms with Crippen LogP contribution in [0.25, 0.3) is 0 Å². The molecule has 0 aliphatic carbocycles. The maximum absolute atomic E-state index is 10.9. The van der Waals surface area contributed by atoms with E-state index in [4.69, 9.17) is 5.73 Å². The zero-order valence-electron chi connectivity index (χ0n) is 11.1. The first-order chi connectivity index (χ1) is 8.56. The zero-order valence-corrected chi connectivity index (χ0v) is 11.9. The van der Waals surface area contributed by atoms with Gasteiger partial charge in [0.25, 0.3) is 5.91 Å². The molecule has 1 atom stereocenters. The van der Waals surface area contributed by atoms with Crippen LogP contribution in [0.3, 0.4) is 0 Å². The van der Waals surface area contributed by atoms with Crippen LogP contribution in [0, 0.1) is 0 Å². The van der Waals surface area contributed by atoms with E-state index < -0.39 is 5.91 Å². The van der Waals surface area contributed by atoms with E-state index in [-0.39, 0.29) is 5.69 Å². The molecule has 6 heteroatoms. The third kappa shape index (κ3) is 4.18. The lowest BCUT2D eigenvalue weighted by molar-refractivity contribution is 0.0994. The van der Waals surface area contributed by atoms with Gasteiger partial charge < -0.3 is 10.6 Å². The number of rotatable bonds is 7. The fourth-order valence-corrected chi connectivity index (χ4v) is 2.26.